The van der Waals surface area contributed by atoms with Gasteiger partial charge < -0.3 is 18.9 Å². The van der Waals surface area contributed by atoms with E-state index in [9.17, 15) is 4.79 Å². The zero-order valence-corrected chi connectivity index (χ0v) is 12.7. The summed E-state index contributed by atoms with van der Waals surface area (Å²) in [5.41, 5.74) is 2.89. The van der Waals surface area contributed by atoms with E-state index in [0.29, 0.717) is 18.8 Å². The lowest BCUT2D eigenvalue weighted by Gasteiger charge is -2.15. The molecule has 0 unspecified atom stereocenters. The van der Waals surface area contributed by atoms with E-state index in [1.807, 2.05) is 25.1 Å². The molecule has 2 aromatic rings. The van der Waals surface area contributed by atoms with Crippen LogP contribution in [0.1, 0.15) is 22.6 Å². The molecule has 6 nitrogen and oxygen atoms in total. The first-order chi connectivity index (χ1) is 10.7. The average Bonchev–Trinajstić information content (AvgIpc) is 3.12. The van der Waals surface area contributed by atoms with Gasteiger partial charge in [0.05, 0.1) is 20.3 Å². The highest BCUT2D eigenvalue weighted by Crippen LogP contribution is 2.30. The number of ether oxygens (including phenoxy) is 2. The molecule has 22 heavy (non-hydrogen) atoms. The molecule has 1 aromatic heterocycles. The summed E-state index contributed by atoms with van der Waals surface area (Å²) in [5.74, 6) is 1.51. The van der Waals surface area contributed by atoms with Crippen LogP contribution in [0.3, 0.4) is 0 Å². The molecule has 1 aliphatic rings. The van der Waals surface area contributed by atoms with E-state index in [1.54, 1.807) is 18.1 Å². The Bertz CT molecular complexity index is 681. The van der Waals surface area contributed by atoms with Crippen molar-refractivity contribution in [3.63, 3.8) is 0 Å². The van der Waals surface area contributed by atoms with Gasteiger partial charge in [0.1, 0.15) is 23.8 Å². The molecule has 0 saturated carbocycles. The molecule has 0 radical (unpaired) electrons. The summed E-state index contributed by atoms with van der Waals surface area (Å²) in [5, 5.41) is 3.82. The van der Waals surface area contributed by atoms with Crippen molar-refractivity contribution in [3.8, 4) is 5.75 Å². The van der Waals surface area contributed by atoms with Crippen molar-refractivity contribution in [3.05, 3.63) is 46.8 Å². The number of nitrogens with zero attached hydrogens (tertiary/aromatic N) is 2. The number of amides is 1. The van der Waals surface area contributed by atoms with E-state index < -0.39 is 0 Å². The summed E-state index contributed by atoms with van der Waals surface area (Å²) in [6, 6.07) is 7.66. The van der Waals surface area contributed by atoms with E-state index in [2.05, 4.69) is 5.16 Å². The lowest BCUT2D eigenvalue weighted by atomic mass is 10.1. The van der Waals surface area contributed by atoms with Gasteiger partial charge in [-0.2, -0.15) is 0 Å². The molecule has 0 atom stereocenters. The highest BCUT2D eigenvalue weighted by atomic mass is 16.5. The zero-order chi connectivity index (χ0) is 15.5. The van der Waals surface area contributed by atoms with Gasteiger partial charge in [0, 0.05) is 18.2 Å². The first-order valence-electron chi connectivity index (χ1n) is 7.10. The lowest BCUT2D eigenvalue weighted by molar-refractivity contribution is -0.137. The largest absolute Gasteiger partial charge is 0.496 e. The van der Waals surface area contributed by atoms with Crippen LogP contribution in [0.25, 0.3) is 0 Å². The molecule has 116 valence electrons. The highest BCUT2D eigenvalue weighted by molar-refractivity contribution is 5.78. The van der Waals surface area contributed by atoms with Crippen molar-refractivity contribution in [1.29, 1.82) is 0 Å². The van der Waals surface area contributed by atoms with Crippen molar-refractivity contribution < 1.29 is 18.8 Å². The molecular formula is C16H18N2O4. The Morgan fingerprint density at radius 3 is 3.00 bits per heavy atom. The Morgan fingerprint density at radius 2 is 2.27 bits per heavy atom. The lowest BCUT2D eigenvalue weighted by Crippen LogP contribution is -2.29. The van der Waals surface area contributed by atoms with E-state index in [0.717, 1.165) is 22.6 Å². The number of fused-ring (bicyclic) bond motifs is 1. The minimum atomic E-state index is -0.0431. The van der Waals surface area contributed by atoms with Crippen LogP contribution in [0.15, 0.2) is 28.8 Å². The number of benzene rings is 1. The summed E-state index contributed by atoms with van der Waals surface area (Å²) < 4.78 is 15.7. The molecule has 1 amide bonds. The molecule has 1 aromatic carbocycles. The van der Waals surface area contributed by atoms with Crippen LogP contribution >= 0.6 is 0 Å². The topological polar surface area (TPSA) is 64.8 Å². The summed E-state index contributed by atoms with van der Waals surface area (Å²) >= 11 is 0. The Kier molecular flexibility index (Phi) is 4.11. The average molecular weight is 302 g/mol. The predicted molar refractivity (Wildman–Crippen MR) is 78.1 cm³/mol. The van der Waals surface area contributed by atoms with Gasteiger partial charge in [-0.3, -0.25) is 4.79 Å². The minimum absolute atomic E-state index is 0.0300. The minimum Gasteiger partial charge on any atom is -0.496 e. The molecule has 0 fully saturated rings. The molecule has 0 saturated heterocycles. The maximum absolute atomic E-state index is 12.2. The van der Waals surface area contributed by atoms with Crippen molar-refractivity contribution in [1.82, 2.24) is 10.1 Å². The number of carbonyl (C=O) groups excluding carboxylic acids is 1. The fraction of sp³-hybridized carbons (Fsp3) is 0.375. The predicted octanol–water partition coefficient (Wildman–Crippen LogP) is 2.05. The van der Waals surface area contributed by atoms with Crippen molar-refractivity contribution in [2.24, 2.45) is 0 Å². The van der Waals surface area contributed by atoms with Crippen molar-refractivity contribution in [2.75, 3.05) is 13.7 Å². The molecule has 0 aliphatic carbocycles. The number of methoxy groups -OCH3 is 1. The number of carbonyl (C=O) groups is 1. The van der Waals surface area contributed by atoms with E-state index in [4.69, 9.17) is 14.0 Å². The Labute approximate surface area is 128 Å². The molecule has 1 aliphatic heterocycles. The normalized spacial score (nSPS) is 13.3. The summed E-state index contributed by atoms with van der Waals surface area (Å²) in [6.45, 7) is 3.27. The zero-order valence-electron chi connectivity index (χ0n) is 12.7. The summed E-state index contributed by atoms with van der Waals surface area (Å²) in [7, 11) is 1.64. The van der Waals surface area contributed by atoms with Crippen molar-refractivity contribution >= 4 is 5.91 Å². The monoisotopic (exact) mass is 302 g/mol. The van der Waals surface area contributed by atoms with Crippen LogP contribution in [0.2, 0.25) is 0 Å². The van der Waals surface area contributed by atoms with Crippen LogP contribution in [0, 0.1) is 6.92 Å². The second kappa shape index (κ2) is 6.19. The number of rotatable bonds is 5. The first-order valence-corrected chi connectivity index (χ1v) is 7.10. The number of hydrogen-bond acceptors (Lipinski definition) is 5. The third-order valence-corrected chi connectivity index (χ3v) is 3.67. The fourth-order valence-electron chi connectivity index (χ4n) is 2.58. The highest BCUT2D eigenvalue weighted by Gasteiger charge is 2.25. The molecule has 2 heterocycles. The van der Waals surface area contributed by atoms with Gasteiger partial charge in [-0.25, -0.2) is 0 Å². The number of hydrogen-bond donors (Lipinski definition) is 0. The molecule has 0 spiro atoms. The van der Waals surface area contributed by atoms with E-state index >= 15 is 0 Å². The van der Waals surface area contributed by atoms with Gasteiger partial charge in [-0.05, 0) is 18.6 Å². The van der Waals surface area contributed by atoms with Crippen LogP contribution in [-0.2, 0) is 29.2 Å². The summed E-state index contributed by atoms with van der Waals surface area (Å²) in [6.07, 6.45) is 0. The van der Waals surface area contributed by atoms with Gasteiger partial charge in [-0.15, -0.1) is 0 Å². The first kappa shape index (κ1) is 14.6. The van der Waals surface area contributed by atoms with E-state index in [-0.39, 0.29) is 19.1 Å². The van der Waals surface area contributed by atoms with Gasteiger partial charge in [0.25, 0.3) is 0 Å². The third kappa shape index (κ3) is 2.96. The van der Waals surface area contributed by atoms with Gasteiger partial charge in [0.2, 0.25) is 5.91 Å². The molecule has 6 heteroatoms. The SMILES string of the molecule is COc1cccc2c1CN(C(=O)COCc1cc(C)on1)C2. The Balaban J connectivity index is 1.54. The second-order valence-electron chi connectivity index (χ2n) is 5.27. The van der Waals surface area contributed by atoms with Gasteiger partial charge in [-0.1, -0.05) is 17.3 Å². The van der Waals surface area contributed by atoms with Crippen LogP contribution in [0.4, 0.5) is 0 Å². The quantitative estimate of drug-likeness (QED) is 0.846. The van der Waals surface area contributed by atoms with Crippen LogP contribution < -0.4 is 4.74 Å². The Hall–Kier alpha value is -2.34. The molecule has 0 N–H and O–H groups in total. The second-order valence-corrected chi connectivity index (χ2v) is 5.27. The number of aryl methyl sites for hydroxylation is 1. The smallest absolute Gasteiger partial charge is 0.249 e. The van der Waals surface area contributed by atoms with Crippen LogP contribution in [-0.4, -0.2) is 29.7 Å². The fourth-order valence-corrected chi connectivity index (χ4v) is 2.58. The van der Waals surface area contributed by atoms with Gasteiger partial charge >= 0.3 is 0 Å². The maximum atomic E-state index is 12.2. The van der Waals surface area contributed by atoms with E-state index in [1.165, 1.54) is 0 Å². The maximum Gasteiger partial charge on any atom is 0.249 e. The molecular weight excluding hydrogens is 284 g/mol. The number of aromatic nitrogens is 1. The third-order valence-electron chi connectivity index (χ3n) is 3.67. The Morgan fingerprint density at radius 1 is 1.41 bits per heavy atom. The molecule has 0 bridgehead atoms. The standard InChI is InChI=1S/C16H18N2O4/c1-11-6-13(17-22-11)9-21-10-16(19)18-7-12-4-3-5-15(20-2)14(12)8-18/h3-6H,7-10H2,1-2H3. The summed E-state index contributed by atoms with van der Waals surface area (Å²) in [4.78, 5) is 14.0. The van der Waals surface area contributed by atoms with Gasteiger partial charge in [0.15, 0.2) is 0 Å². The van der Waals surface area contributed by atoms with Crippen LogP contribution in [0.5, 0.6) is 5.75 Å². The van der Waals surface area contributed by atoms with Crippen molar-refractivity contribution in [2.45, 2.75) is 26.6 Å². The molecule has 3 rings (SSSR count).